The Morgan fingerprint density at radius 1 is 1.60 bits per heavy atom. The molecule has 0 saturated carbocycles. The maximum Gasteiger partial charge on any atom is 0.328 e. The molecule has 1 fully saturated rings. The predicted octanol–water partition coefficient (Wildman–Crippen LogP) is 2.27. The lowest BCUT2D eigenvalue weighted by Gasteiger charge is -2.24. The maximum absolute atomic E-state index is 13.6. The molecular formula is C13H15FN2O4. The van der Waals surface area contributed by atoms with Crippen LogP contribution in [0, 0.1) is 15.9 Å². The Morgan fingerprint density at radius 2 is 2.35 bits per heavy atom. The van der Waals surface area contributed by atoms with Gasteiger partial charge in [0.05, 0.1) is 11.5 Å². The third-order valence-electron chi connectivity index (χ3n) is 3.27. The number of nitro groups is 1. The predicted molar refractivity (Wildman–Crippen MR) is 70.1 cm³/mol. The van der Waals surface area contributed by atoms with E-state index in [1.165, 1.54) is 12.1 Å². The molecule has 1 atom stereocenters. The van der Waals surface area contributed by atoms with Gasteiger partial charge in [-0.15, -0.1) is 0 Å². The molecule has 7 heteroatoms. The molecule has 1 heterocycles. The summed E-state index contributed by atoms with van der Waals surface area (Å²) in [7, 11) is 0. The van der Waals surface area contributed by atoms with Crippen molar-refractivity contribution in [1.29, 1.82) is 0 Å². The van der Waals surface area contributed by atoms with Crippen LogP contribution >= 0.6 is 0 Å². The van der Waals surface area contributed by atoms with E-state index in [-0.39, 0.29) is 12.3 Å². The van der Waals surface area contributed by atoms with E-state index in [1.807, 2.05) is 0 Å². The van der Waals surface area contributed by atoms with Gasteiger partial charge in [-0.1, -0.05) is 6.07 Å². The number of para-hydroxylation sites is 1. The molecule has 2 rings (SSSR count). The summed E-state index contributed by atoms with van der Waals surface area (Å²) < 4.78 is 18.6. The zero-order valence-corrected chi connectivity index (χ0v) is 11.0. The molecule has 108 valence electrons. The molecule has 20 heavy (non-hydrogen) atoms. The summed E-state index contributed by atoms with van der Waals surface area (Å²) in [4.78, 5) is 23.7. The summed E-state index contributed by atoms with van der Waals surface area (Å²) in [6.45, 7) is 2.41. The summed E-state index contributed by atoms with van der Waals surface area (Å²) in [5.41, 5.74) is -0.464. The SMILES string of the molecule is CCOC(=O)C1CCCN1c1cccc(F)c1[N+](=O)[O-]. The van der Waals surface area contributed by atoms with Crippen molar-refractivity contribution in [3.8, 4) is 0 Å². The first-order valence-corrected chi connectivity index (χ1v) is 6.42. The number of hydrogen-bond acceptors (Lipinski definition) is 5. The average molecular weight is 282 g/mol. The molecule has 0 N–H and O–H groups in total. The van der Waals surface area contributed by atoms with Crippen LogP contribution in [0.4, 0.5) is 15.8 Å². The Balaban J connectivity index is 2.38. The van der Waals surface area contributed by atoms with E-state index in [2.05, 4.69) is 0 Å². The summed E-state index contributed by atoms with van der Waals surface area (Å²) in [5.74, 6) is -1.33. The second-order valence-electron chi connectivity index (χ2n) is 4.47. The Morgan fingerprint density at radius 3 is 3.00 bits per heavy atom. The van der Waals surface area contributed by atoms with E-state index in [0.29, 0.717) is 19.4 Å². The van der Waals surface area contributed by atoms with Crippen molar-refractivity contribution in [2.24, 2.45) is 0 Å². The molecule has 6 nitrogen and oxygen atoms in total. The number of anilines is 1. The Bertz CT molecular complexity index is 535. The van der Waals surface area contributed by atoms with Crippen molar-refractivity contribution in [3.63, 3.8) is 0 Å². The minimum atomic E-state index is -0.901. The quantitative estimate of drug-likeness (QED) is 0.481. The molecular weight excluding hydrogens is 267 g/mol. The van der Waals surface area contributed by atoms with E-state index >= 15 is 0 Å². The summed E-state index contributed by atoms with van der Waals surface area (Å²) in [6, 6.07) is 3.31. The average Bonchev–Trinajstić information content (AvgIpc) is 2.87. The number of rotatable bonds is 4. The minimum Gasteiger partial charge on any atom is -0.464 e. The number of ether oxygens (including phenoxy) is 1. The van der Waals surface area contributed by atoms with Crippen LogP contribution in [0.2, 0.25) is 0 Å². The lowest BCUT2D eigenvalue weighted by Crippen LogP contribution is -2.37. The number of carbonyl (C=O) groups excluding carboxylic acids is 1. The molecule has 0 amide bonds. The minimum absolute atomic E-state index is 0.130. The normalized spacial score (nSPS) is 18.1. The number of esters is 1. The number of carbonyl (C=O) groups is 1. The molecule has 0 aromatic heterocycles. The highest BCUT2D eigenvalue weighted by Gasteiger charge is 2.36. The molecule has 0 aliphatic carbocycles. The van der Waals surface area contributed by atoms with Gasteiger partial charge in [0.2, 0.25) is 5.82 Å². The molecule has 0 bridgehead atoms. The van der Waals surface area contributed by atoms with Crippen LogP contribution in [0.3, 0.4) is 0 Å². The van der Waals surface area contributed by atoms with Gasteiger partial charge < -0.3 is 9.64 Å². The number of halogens is 1. The fourth-order valence-electron chi connectivity index (χ4n) is 2.45. The van der Waals surface area contributed by atoms with Gasteiger partial charge in [0.1, 0.15) is 11.7 Å². The van der Waals surface area contributed by atoms with Crippen LogP contribution in [0.1, 0.15) is 19.8 Å². The van der Waals surface area contributed by atoms with E-state index in [0.717, 1.165) is 6.07 Å². The first kappa shape index (κ1) is 14.2. The maximum atomic E-state index is 13.6. The van der Waals surface area contributed by atoms with Gasteiger partial charge in [0.15, 0.2) is 0 Å². The van der Waals surface area contributed by atoms with Gasteiger partial charge in [-0.05, 0) is 31.9 Å². The molecule has 0 spiro atoms. The van der Waals surface area contributed by atoms with Crippen molar-refractivity contribution in [1.82, 2.24) is 0 Å². The molecule has 1 aliphatic rings. The van der Waals surface area contributed by atoms with Gasteiger partial charge in [0.25, 0.3) is 0 Å². The highest BCUT2D eigenvalue weighted by Crippen LogP contribution is 2.35. The van der Waals surface area contributed by atoms with Crippen LogP contribution in [0.5, 0.6) is 0 Å². The van der Waals surface area contributed by atoms with Gasteiger partial charge in [0, 0.05) is 6.54 Å². The zero-order valence-electron chi connectivity index (χ0n) is 11.0. The highest BCUT2D eigenvalue weighted by molar-refractivity contribution is 5.82. The molecule has 1 saturated heterocycles. The molecule has 1 aliphatic heterocycles. The second-order valence-corrected chi connectivity index (χ2v) is 4.47. The fourth-order valence-corrected chi connectivity index (χ4v) is 2.45. The van der Waals surface area contributed by atoms with Gasteiger partial charge in [-0.25, -0.2) is 4.79 Å². The number of nitro benzene ring substituents is 1. The Labute approximate surface area is 115 Å². The van der Waals surface area contributed by atoms with Crippen LogP contribution in [-0.2, 0) is 9.53 Å². The monoisotopic (exact) mass is 282 g/mol. The first-order valence-electron chi connectivity index (χ1n) is 6.42. The van der Waals surface area contributed by atoms with Crippen LogP contribution in [0.15, 0.2) is 18.2 Å². The first-order chi connectivity index (χ1) is 9.56. The van der Waals surface area contributed by atoms with E-state index in [9.17, 15) is 19.3 Å². The topological polar surface area (TPSA) is 72.7 Å². The van der Waals surface area contributed by atoms with Crippen LogP contribution in [-0.4, -0.2) is 30.1 Å². The lowest BCUT2D eigenvalue weighted by atomic mass is 10.2. The number of benzene rings is 1. The van der Waals surface area contributed by atoms with Crippen molar-refractivity contribution in [2.45, 2.75) is 25.8 Å². The van der Waals surface area contributed by atoms with Gasteiger partial charge in [-0.2, -0.15) is 4.39 Å². The number of nitrogens with zero attached hydrogens (tertiary/aromatic N) is 2. The van der Waals surface area contributed by atoms with Crippen molar-refractivity contribution in [3.05, 3.63) is 34.1 Å². The summed E-state index contributed by atoms with van der Waals surface area (Å²) >= 11 is 0. The van der Waals surface area contributed by atoms with Crippen molar-refractivity contribution < 1.29 is 18.8 Å². The molecule has 0 radical (unpaired) electrons. The van der Waals surface area contributed by atoms with Gasteiger partial charge >= 0.3 is 11.7 Å². The lowest BCUT2D eigenvalue weighted by molar-refractivity contribution is -0.386. The third-order valence-corrected chi connectivity index (χ3v) is 3.27. The third kappa shape index (κ3) is 2.56. The van der Waals surface area contributed by atoms with E-state index in [1.54, 1.807) is 11.8 Å². The largest absolute Gasteiger partial charge is 0.464 e. The summed E-state index contributed by atoms with van der Waals surface area (Å²) in [6.07, 6.45) is 1.25. The molecule has 1 unspecified atom stereocenters. The Kier molecular flexibility index (Phi) is 4.16. The summed E-state index contributed by atoms with van der Waals surface area (Å²) in [5, 5.41) is 11.0. The van der Waals surface area contributed by atoms with Crippen molar-refractivity contribution in [2.75, 3.05) is 18.1 Å². The van der Waals surface area contributed by atoms with Crippen LogP contribution < -0.4 is 4.90 Å². The Hall–Kier alpha value is -2.18. The number of hydrogen-bond donors (Lipinski definition) is 0. The van der Waals surface area contributed by atoms with E-state index in [4.69, 9.17) is 4.74 Å². The van der Waals surface area contributed by atoms with Gasteiger partial charge in [-0.3, -0.25) is 10.1 Å². The zero-order chi connectivity index (χ0) is 14.7. The smallest absolute Gasteiger partial charge is 0.328 e. The van der Waals surface area contributed by atoms with E-state index < -0.39 is 28.4 Å². The second kappa shape index (κ2) is 5.85. The van der Waals surface area contributed by atoms with Crippen LogP contribution in [0.25, 0.3) is 0 Å². The fraction of sp³-hybridized carbons (Fsp3) is 0.462. The van der Waals surface area contributed by atoms with Crippen molar-refractivity contribution >= 4 is 17.3 Å². The highest BCUT2D eigenvalue weighted by atomic mass is 19.1. The molecule has 1 aromatic carbocycles. The standard InChI is InChI=1S/C13H15FN2O4/c1-2-20-13(17)11-7-4-8-15(11)10-6-3-5-9(14)12(10)16(18)19/h3,5-6,11H,2,4,7-8H2,1H3. The molecule has 1 aromatic rings.